The van der Waals surface area contributed by atoms with E-state index in [0.29, 0.717) is 53.5 Å². The van der Waals surface area contributed by atoms with Crippen molar-refractivity contribution in [3.63, 3.8) is 0 Å². The van der Waals surface area contributed by atoms with Gasteiger partial charge in [0, 0.05) is 47.3 Å². The molecule has 2 amide bonds. The zero-order chi connectivity index (χ0) is 27.5. The van der Waals surface area contributed by atoms with Crippen LogP contribution in [0, 0.1) is 17.1 Å². The molecule has 0 unspecified atom stereocenters. The summed E-state index contributed by atoms with van der Waals surface area (Å²) in [5.41, 5.74) is 4.49. The number of benzene rings is 2. The normalized spacial score (nSPS) is 13.9. The quantitative estimate of drug-likeness (QED) is 0.340. The standard InChI is InChI=1S/C29H27FN6O2S/c1-17(2)32-27(37)23-16-39-28(33-23)24-25(19-7-9-22(30)10-8-19)34-35-26(24)20-11-13-36(14-12-20)29(38)21-5-3-18(15-31)4-6-21/h3-10,16-17,20H,11-14H2,1-2H3,(H,32,37)(H,34,35). The molecule has 0 saturated carbocycles. The summed E-state index contributed by atoms with van der Waals surface area (Å²) >= 11 is 1.37. The van der Waals surface area contributed by atoms with Gasteiger partial charge in [0.25, 0.3) is 11.8 Å². The maximum atomic E-state index is 13.7. The maximum absolute atomic E-state index is 13.7. The van der Waals surface area contributed by atoms with E-state index < -0.39 is 0 Å². The number of piperidine rings is 1. The van der Waals surface area contributed by atoms with E-state index in [1.165, 1.54) is 23.5 Å². The number of hydrogen-bond acceptors (Lipinski definition) is 6. The molecule has 39 heavy (non-hydrogen) atoms. The summed E-state index contributed by atoms with van der Waals surface area (Å²) in [6, 6.07) is 14.9. The summed E-state index contributed by atoms with van der Waals surface area (Å²) in [5.74, 6) is -0.549. The minimum Gasteiger partial charge on any atom is -0.349 e. The molecule has 1 aliphatic heterocycles. The van der Waals surface area contributed by atoms with Crippen LogP contribution in [0.2, 0.25) is 0 Å². The zero-order valence-electron chi connectivity index (χ0n) is 21.6. The summed E-state index contributed by atoms with van der Waals surface area (Å²) in [6.45, 7) is 4.91. The number of carbonyl (C=O) groups excluding carboxylic acids is 2. The van der Waals surface area contributed by atoms with Gasteiger partial charge in [0.2, 0.25) is 0 Å². The molecule has 1 saturated heterocycles. The highest BCUT2D eigenvalue weighted by molar-refractivity contribution is 7.13. The highest BCUT2D eigenvalue weighted by Gasteiger charge is 2.30. The number of aromatic amines is 1. The Bertz CT molecular complexity index is 1530. The molecule has 2 N–H and O–H groups in total. The van der Waals surface area contributed by atoms with Crippen LogP contribution >= 0.6 is 11.3 Å². The molecule has 5 rings (SSSR count). The number of thiazole rings is 1. The fourth-order valence-corrected chi connectivity index (χ4v) is 5.61. The number of aromatic nitrogens is 3. The molecule has 1 fully saturated rings. The molecule has 10 heteroatoms. The van der Waals surface area contributed by atoms with Crippen molar-refractivity contribution in [1.82, 2.24) is 25.4 Å². The third-order valence-electron chi connectivity index (χ3n) is 6.73. The first-order valence-electron chi connectivity index (χ1n) is 12.7. The van der Waals surface area contributed by atoms with Crippen LogP contribution in [-0.2, 0) is 0 Å². The van der Waals surface area contributed by atoms with Crippen molar-refractivity contribution >= 4 is 23.2 Å². The van der Waals surface area contributed by atoms with Crippen LogP contribution in [-0.4, -0.2) is 51.0 Å². The number of nitriles is 1. The number of H-pyrrole nitrogens is 1. The Morgan fingerprint density at radius 3 is 2.46 bits per heavy atom. The van der Waals surface area contributed by atoms with Gasteiger partial charge in [-0.05, 0) is 75.2 Å². The van der Waals surface area contributed by atoms with E-state index in [4.69, 9.17) is 5.26 Å². The van der Waals surface area contributed by atoms with Gasteiger partial charge in [0.05, 0.1) is 17.2 Å². The van der Waals surface area contributed by atoms with Crippen molar-refractivity contribution in [2.45, 2.75) is 38.6 Å². The number of amides is 2. The minimum absolute atomic E-state index is 0.0147. The van der Waals surface area contributed by atoms with Crippen molar-refractivity contribution in [1.29, 1.82) is 5.26 Å². The number of nitrogens with zero attached hydrogens (tertiary/aromatic N) is 4. The molecular formula is C29H27FN6O2S. The molecule has 0 radical (unpaired) electrons. The number of hydrogen-bond donors (Lipinski definition) is 2. The van der Waals surface area contributed by atoms with Crippen LogP contribution in [0.1, 0.15) is 64.7 Å². The lowest BCUT2D eigenvalue weighted by Crippen LogP contribution is -2.38. The maximum Gasteiger partial charge on any atom is 0.270 e. The van der Waals surface area contributed by atoms with Gasteiger partial charge in [0.15, 0.2) is 0 Å². The lowest BCUT2D eigenvalue weighted by atomic mass is 9.89. The average Bonchev–Trinajstić information content (AvgIpc) is 3.61. The van der Waals surface area contributed by atoms with Crippen LogP contribution < -0.4 is 5.32 Å². The van der Waals surface area contributed by atoms with E-state index in [0.717, 1.165) is 16.8 Å². The summed E-state index contributed by atoms with van der Waals surface area (Å²) in [5, 5.41) is 22.1. The predicted molar refractivity (Wildman–Crippen MR) is 147 cm³/mol. The second-order valence-electron chi connectivity index (χ2n) is 9.79. The molecule has 8 nitrogen and oxygen atoms in total. The van der Waals surface area contributed by atoms with Crippen LogP contribution in [0.3, 0.4) is 0 Å². The van der Waals surface area contributed by atoms with E-state index >= 15 is 0 Å². The van der Waals surface area contributed by atoms with Gasteiger partial charge in [-0.15, -0.1) is 11.3 Å². The Labute approximate surface area is 229 Å². The van der Waals surface area contributed by atoms with Crippen molar-refractivity contribution < 1.29 is 14.0 Å². The largest absolute Gasteiger partial charge is 0.349 e. The van der Waals surface area contributed by atoms with Gasteiger partial charge >= 0.3 is 0 Å². The number of nitrogens with one attached hydrogen (secondary N) is 2. The molecule has 2 aromatic heterocycles. The van der Waals surface area contributed by atoms with E-state index in [-0.39, 0.29) is 29.6 Å². The molecule has 0 bridgehead atoms. The Kier molecular flexibility index (Phi) is 7.52. The molecule has 3 heterocycles. The van der Waals surface area contributed by atoms with Gasteiger partial charge < -0.3 is 10.2 Å². The second-order valence-corrected chi connectivity index (χ2v) is 10.6. The Morgan fingerprint density at radius 2 is 1.82 bits per heavy atom. The van der Waals surface area contributed by atoms with Crippen molar-refractivity contribution in [3.8, 4) is 27.9 Å². The highest BCUT2D eigenvalue weighted by Crippen LogP contribution is 2.41. The van der Waals surface area contributed by atoms with Crippen molar-refractivity contribution in [3.05, 3.63) is 82.2 Å². The summed E-state index contributed by atoms with van der Waals surface area (Å²) in [6.07, 6.45) is 1.43. The molecule has 0 spiro atoms. The number of carbonyl (C=O) groups is 2. The molecule has 1 aliphatic rings. The van der Waals surface area contributed by atoms with Crippen LogP contribution in [0.15, 0.2) is 53.9 Å². The van der Waals surface area contributed by atoms with Crippen LogP contribution in [0.5, 0.6) is 0 Å². The van der Waals surface area contributed by atoms with Crippen molar-refractivity contribution in [2.75, 3.05) is 13.1 Å². The molecule has 0 atom stereocenters. The third-order valence-corrected chi connectivity index (χ3v) is 7.59. The number of halogens is 1. The minimum atomic E-state index is -0.336. The molecule has 0 aliphatic carbocycles. The first-order valence-corrected chi connectivity index (χ1v) is 13.6. The fourth-order valence-electron chi connectivity index (χ4n) is 4.75. The molecular weight excluding hydrogens is 515 g/mol. The van der Waals surface area contributed by atoms with E-state index in [2.05, 4.69) is 26.6 Å². The molecule has 2 aromatic carbocycles. The highest BCUT2D eigenvalue weighted by atomic mass is 32.1. The number of rotatable bonds is 6. The summed E-state index contributed by atoms with van der Waals surface area (Å²) in [7, 11) is 0. The monoisotopic (exact) mass is 542 g/mol. The van der Waals surface area contributed by atoms with Gasteiger partial charge in [-0.3, -0.25) is 14.7 Å². The Morgan fingerprint density at radius 1 is 1.13 bits per heavy atom. The molecule has 4 aromatic rings. The predicted octanol–water partition coefficient (Wildman–Crippen LogP) is 5.37. The molecule has 198 valence electrons. The first kappa shape index (κ1) is 26.3. The zero-order valence-corrected chi connectivity index (χ0v) is 22.4. The van der Waals surface area contributed by atoms with Crippen molar-refractivity contribution in [2.24, 2.45) is 0 Å². The third kappa shape index (κ3) is 5.59. The first-order chi connectivity index (χ1) is 18.8. The fraction of sp³-hybridized carbons (Fsp3) is 0.276. The number of likely N-dealkylation sites (tertiary alicyclic amines) is 1. The summed E-state index contributed by atoms with van der Waals surface area (Å²) in [4.78, 5) is 32.1. The van der Waals surface area contributed by atoms with Gasteiger partial charge in [-0.2, -0.15) is 10.4 Å². The van der Waals surface area contributed by atoms with E-state index in [1.54, 1.807) is 41.8 Å². The van der Waals surface area contributed by atoms with Gasteiger partial charge in [-0.25, -0.2) is 9.37 Å². The van der Waals surface area contributed by atoms with Gasteiger partial charge in [-0.1, -0.05) is 0 Å². The van der Waals surface area contributed by atoms with E-state index in [1.807, 2.05) is 18.7 Å². The Hall–Kier alpha value is -4.36. The lowest BCUT2D eigenvalue weighted by Gasteiger charge is -2.32. The SMILES string of the molecule is CC(C)NC(=O)c1csc(-c2c(-c3ccc(F)cc3)n[nH]c2C2CCN(C(=O)c3ccc(C#N)cc3)CC2)n1. The Balaban J connectivity index is 1.42. The van der Waals surface area contributed by atoms with Gasteiger partial charge in [0.1, 0.15) is 22.2 Å². The van der Waals surface area contributed by atoms with E-state index in [9.17, 15) is 14.0 Å². The van der Waals surface area contributed by atoms with Crippen LogP contribution in [0.25, 0.3) is 21.8 Å². The topological polar surface area (TPSA) is 115 Å². The lowest BCUT2D eigenvalue weighted by molar-refractivity contribution is 0.0712. The van der Waals surface area contributed by atoms with Crippen LogP contribution in [0.4, 0.5) is 4.39 Å². The summed E-state index contributed by atoms with van der Waals surface area (Å²) < 4.78 is 13.7. The average molecular weight is 543 g/mol. The second kappa shape index (κ2) is 11.2. The smallest absolute Gasteiger partial charge is 0.270 e.